The number of fused-ring (bicyclic) bond motifs is 3. The van der Waals surface area contributed by atoms with Gasteiger partial charge in [0, 0.05) is 37.9 Å². The fraction of sp³-hybridized carbons (Fsp3) is 0.318. The van der Waals surface area contributed by atoms with Gasteiger partial charge < -0.3 is 9.80 Å². The van der Waals surface area contributed by atoms with Gasteiger partial charge >= 0.3 is 0 Å². The number of benzene rings is 1. The molecule has 0 spiro atoms. The van der Waals surface area contributed by atoms with Crippen LogP contribution >= 0.6 is 0 Å². The summed E-state index contributed by atoms with van der Waals surface area (Å²) in [5.74, 6) is 0.389. The van der Waals surface area contributed by atoms with Gasteiger partial charge in [-0.15, -0.1) is 0 Å². The van der Waals surface area contributed by atoms with Crippen molar-refractivity contribution in [3.05, 3.63) is 59.0 Å². The Hall–Kier alpha value is -3.55. The summed E-state index contributed by atoms with van der Waals surface area (Å²) in [5.41, 5.74) is 5.74. The highest BCUT2D eigenvalue weighted by Gasteiger charge is 2.26. The summed E-state index contributed by atoms with van der Waals surface area (Å²) < 4.78 is 1.63. The Balaban J connectivity index is 1.45. The van der Waals surface area contributed by atoms with Crippen molar-refractivity contribution < 1.29 is 9.59 Å². The van der Waals surface area contributed by atoms with Gasteiger partial charge in [-0.2, -0.15) is 5.10 Å². The summed E-state index contributed by atoms with van der Waals surface area (Å²) in [6.07, 6.45) is 6.19. The lowest BCUT2D eigenvalue weighted by Crippen LogP contribution is -2.48. The summed E-state index contributed by atoms with van der Waals surface area (Å²) in [6, 6.07) is 8.31. The third-order valence-electron chi connectivity index (χ3n) is 5.97. The first kappa shape index (κ1) is 18.5. The molecule has 3 aromatic rings. The Bertz CT molecular complexity index is 1130. The number of amides is 2. The number of carbonyl (C=O) groups is 2. The van der Waals surface area contributed by atoms with Gasteiger partial charge in [-0.3, -0.25) is 9.59 Å². The molecular formula is C22H22N6O2. The van der Waals surface area contributed by atoms with E-state index >= 15 is 0 Å². The van der Waals surface area contributed by atoms with Gasteiger partial charge in [0.05, 0.1) is 23.1 Å². The van der Waals surface area contributed by atoms with Gasteiger partial charge in [-0.25, -0.2) is 14.6 Å². The lowest BCUT2D eigenvalue weighted by Gasteiger charge is -2.32. The SMILES string of the molecule is Cc1c(C(=O)N2CCN(C=O)CC2)cnn1-c1ncc2c(n1)-c1ccccc1CC2. The van der Waals surface area contributed by atoms with Crippen LogP contribution in [-0.4, -0.2) is 68.0 Å². The summed E-state index contributed by atoms with van der Waals surface area (Å²) in [4.78, 5) is 36.7. The van der Waals surface area contributed by atoms with Crippen LogP contribution in [0.5, 0.6) is 0 Å². The van der Waals surface area contributed by atoms with Crippen molar-refractivity contribution in [1.82, 2.24) is 29.5 Å². The Morgan fingerprint density at radius 2 is 1.80 bits per heavy atom. The van der Waals surface area contributed by atoms with E-state index in [9.17, 15) is 9.59 Å². The van der Waals surface area contributed by atoms with Crippen molar-refractivity contribution >= 4 is 12.3 Å². The van der Waals surface area contributed by atoms with Crippen LogP contribution < -0.4 is 0 Å². The van der Waals surface area contributed by atoms with E-state index in [0.717, 1.165) is 36.1 Å². The topological polar surface area (TPSA) is 84.2 Å². The standard InChI is InChI=1S/C22H22N6O2/c1-15-19(21(30)27-10-8-26(14-29)9-11-27)13-24-28(15)22-23-12-17-7-6-16-4-2-3-5-18(16)20(17)25-22/h2-5,12-14H,6-11H2,1H3. The van der Waals surface area contributed by atoms with E-state index in [1.165, 1.54) is 5.56 Å². The number of hydrogen-bond acceptors (Lipinski definition) is 5. The van der Waals surface area contributed by atoms with E-state index < -0.39 is 0 Å². The fourth-order valence-corrected chi connectivity index (χ4v) is 4.18. The first-order valence-corrected chi connectivity index (χ1v) is 10.1. The van der Waals surface area contributed by atoms with Gasteiger partial charge in [0.2, 0.25) is 6.41 Å². The van der Waals surface area contributed by atoms with Crippen LogP contribution in [0.4, 0.5) is 0 Å². The molecule has 152 valence electrons. The molecule has 0 bridgehead atoms. The molecule has 2 amide bonds. The molecule has 1 aliphatic heterocycles. The smallest absolute Gasteiger partial charge is 0.257 e. The van der Waals surface area contributed by atoms with Crippen LogP contribution in [0.2, 0.25) is 0 Å². The second kappa shape index (κ2) is 7.37. The lowest BCUT2D eigenvalue weighted by atomic mass is 9.90. The van der Waals surface area contributed by atoms with E-state index in [-0.39, 0.29) is 5.91 Å². The maximum absolute atomic E-state index is 13.0. The van der Waals surface area contributed by atoms with Crippen LogP contribution in [0.1, 0.15) is 27.2 Å². The molecule has 5 rings (SSSR count). The molecule has 3 heterocycles. The van der Waals surface area contributed by atoms with E-state index in [1.54, 1.807) is 20.7 Å². The Morgan fingerprint density at radius 3 is 2.60 bits per heavy atom. The molecule has 1 saturated heterocycles. The highest BCUT2D eigenvalue weighted by atomic mass is 16.2. The number of rotatable bonds is 3. The van der Waals surface area contributed by atoms with E-state index in [4.69, 9.17) is 4.98 Å². The molecule has 0 saturated carbocycles. The third kappa shape index (κ3) is 3.04. The quantitative estimate of drug-likeness (QED) is 0.622. The van der Waals surface area contributed by atoms with Crippen LogP contribution in [0.3, 0.4) is 0 Å². The highest BCUT2D eigenvalue weighted by Crippen LogP contribution is 2.31. The third-order valence-corrected chi connectivity index (χ3v) is 5.97. The second-order valence-corrected chi connectivity index (χ2v) is 7.69. The van der Waals surface area contributed by atoms with E-state index in [1.807, 2.05) is 19.2 Å². The molecule has 0 atom stereocenters. The van der Waals surface area contributed by atoms with E-state index in [2.05, 4.69) is 28.3 Å². The highest BCUT2D eigenvalue weighted by molar-refractivity contribution is 5.95. The largest absolute Gasteiger partial charge is 0.342 e. The maximum Gasteiger partial charge on any atom is 0.257 e. The van der Waals surface area contributed by atoms with Crippen molar-refractivity contribution in [3.63, 3.8) is 0 Å². The fourth-order valence-electron chi connectivity index (χ4n) is 4.18. The molecule has 0 N–H and O–H groups in total. The van der Waals surface area contributed by atoms with Crippen molar-refractivity contribution in [2.24, 2.45) is 0 Å². The Kier molecular flexibility index (Phi) is 4.54. The molecular weight excluding hydrogens is 380 g/mol. The summed E-state index contributed by atoms with van der Waals surface area (Å²) >= 11 is 0. The average Bonchev–Trinajstić information content (AvgIpc) is 3.19. The van der Waals surface area contributed by atoms with Gasteiger partial charge in [0.1, 0.15) is 0 Å². The zero-order chi connectivity index (χ0) is 20.7. The zero-order valence-corrected chi connectivity index (χ0v) is 16.8. The summed E-state index contributed by atoms with van der Waals surface area (Å²) in [5, 5.41) is 4.42. The summed E-state index contributed by atoms with van der Waals surface area (Å²) in [6.45, 7) is 4.01. The van der Waals surface area contributed by atoms with Crippen LogP contribution in [0.25, 0.3) is 17.2 Å². The van der Waals surface area contributed by atoms with Crippen molar-refractivity contribution in [2.75, 3.05) is 26.2 Å². The molecule has 8 heteroatoms. The molecule has 0 unspecified atom stereocenters. The molecule has 30 heavy (non-hydrogen) atoms. The molecule has 2 aliphatic rings. The van der Waals surface area contributed by atoms with E-state index in [0.29, 0.717) is 43.4 Å². The molecule has 1 aliphatic carbocycles. The van der Waals surface area contributed by atoms with Gasteiger partial charge in [0.25, 0.3) is 11.9 Å². The Morgan fingerprint density at radius 1 is 1.03 bits per heavy atom. The van der Waals surface area contributed by atoms with Gasteiger partial charge in [0.15, 0.2) is 0 Å². The average molecular weight is 402 g/mol. The van der Waals surface area contributed by atoms with Crippen LogP contribution in [0, 0.1) is 6.92 Å². The molecule has 0 radical (unpaired) electrons. The molecule has 1 aromatic carbocycles. The van der Waals surface area contributed by atoms with Crippen molar-refractivity contribution in [2.45, 2.75) is 19.8 Å². The molecule has 1 fully saturated rings. The summed E-state index contributed by atoms with van der Waals surface area (Å²) in [7, 11) is 0. The maximum atomic E-state index is 13.0. The Labute approximate surface area is 174 Å². The number of nitrogens with zero attached hydrogens (tertiary/aromatic N) is 6. The first-order chi connectivity index (χ1) is 14.7. The first-order valence-electron chi connectivity index (χ1n) is 10.1. The predicted octanol–water partition coefficient (Wildman–Crippen LogP) is 1.65. The normalized spacial score (nSPS) is 15.5. The van der Waals surface area contributed by atoms with Crippen molar-refractivity contribution in [3.8, 4) is 17.2 Å². The number of aryl methyl sites for hydroxylation is 2. The van der Waals surface area contributed by atoms with Crippen molar-refractivity contribution in [1.29, 1.82) is 0 Å². The second-order valence-electron chi connectivity index (χ2n) is 7.69. The minimum atomic E-state index is -0.0763. The lowest BCUT2D eigenvalue weighted by molar-refractivity contribution is -0.119. The number of hydrogen-bond donors (Lipinski definition) is 0. The van der Waals surface area contributed by atoms with Gasteiger partial charge in [-0.05, 0) is 30.9 Å². The monoisotopic (exact) mass is 402 g/mol. The predicted molar refractivity (Wildman–Crippen MR) is 110 cm³/mol. The molecule has 8 nitrogen and oxygen atoms in total. The van der Waals surface area contributed by atoms with Gasteiger partial charge in [-0.1, -0.05) is 24.3 Å². The zero-order valence-electron chi connectivity index (χ0n) is 16.8. The molecule has 2 aromatic heterocycles. The number of piperazine rings is 1. The van der Waals surface area contributed by atoms with Crippen LogP contribution in [0.15, 0.2) is 36.7 Å². The minimum absolute atomic E-state index is 0.0763. The minimum Gasteiger partial charge on any atom is -0.342 e. The number of aromatic nitrogens is 4. The number of carbonyl (C=O) groups excluding carboxylic acids is 2. The van der Waals surface area contributed by atoms with Crippen LogP contribution in [-0.2, 0) is 17.6 Å².